The Morgan fingerprint density at radius 3 is 2.75 bits per heavy atom. The molecule has 2 aliphatic rings. The largest absolute Gasteiger partial charge is 0.294 e. The number of fused-ring (bicyclic) bond motifs is 1. The second-order valence-corrected chi connectivity index (χ2v) is 5.19. The minimum Gasteiger partial charge on any atom is -0.294 e. The number of ketones is 1. The zero-order valence-electron chi connectivity index (χ0n) is 9.57. The molecular weight excluding hydrogens is 196 g/mol. The molecule has 0 bridgehead atoms. The lowest BCUT2D eigenvalue weighted by atomic mass is 9.78. The first kappa shape index (κ1) is 9.83. The fourth-order valence-electron chi connectivity index (χ4n) is 3.28. The van der Waals surface area contributed by atoms with Gasteiger partial charge in [0.2, 0.25) is 0 Å². The number of carbonyl (C=O) groups is 1. The number of benzene rings is 1. The highest BCUT2D eigenvalue weighted by Gasteiger charge is 2.49. The smallest absolute Gasteiger partial charge is 0.162 e. The Morgan fingerprint density at radius 1 is 1.25 bits per heavy atom. The van der Waals surface area contributed by atoms with Crippen LogP contribution in [-0.2, 0) is 4.79 Å². The maximum atomic E-state index is 12.1. The maximum absolute atomic E-state index is 12.1. The third kappa shape index (κ3) is 1.21. The van der Waals surface area contributed by atoms with E-state index in [2.05, 4.69) is 19.1 Å². The van der Waals surface area contributed by atoms with Gasteiger partial charge in [0.15, 0.2) is 5.78 Å². The highest BCUT2D eigenvalue weighted by atomic mass is 16.1. The molecule has 0 heterocycles. The topological polar surface area (TPSA) is 17.1 Å². The molecule has 0 N–H and O–H groups in total. The Hall–Kier alpha value is -1.37. The standard InChI is InChI=1S/C15H16O/c1-15-9-5-8-13(15)12(10-14(15)16)11-6-3-2-4-7-11/h2-4,6-7,10,13H,5,8-9H2,1H3/t13-,15-/m1/s1. The van der Waals surface area contributed by atoms with Crippen LogP contribution in [-0.4, -0.2) is 5.78 Å². The quantitative estimate of drug-likeness (QED) is 0.696. The average molecular weight is 212 g/mol. The van der Waals surface area contributed by atoms with Crippen LogP contribution in [0.3, 0.4) is 0 Å². The number of allylic oxidation sites excluding steroid dienone is 2. The molecule has 0 amide bonds. The Bertz CT molecular complexity index is 458. The molecule has 0 saturated heterocycles. The molecule has 0 spiro atoms. The zero-order chi connectivity index (χ0) is 11.2. The fraction of sp³-hybridized carbons (Fsp3) is 0.400. The first-order chi connectivity index (χ1) is 7.72. The van der Waals surface area contributed by atoms with Crippen molar-refractivity contribution in [3.05, 3.63) is 42.0 Å². The summed E-state index contributed by atoms with van der Waals surface area (Å²) < 4.78 is 0. The average Bonchev–Trinajstić information content (AvgIpc) is 2.79. The van der Waals surface area contributed by atoms with Crippen molar-refractivity contribution in [2.45, 2.75) is 26.2 Å². The van der Waals surface area contributed by atoms with E-state index >= 15 is 0 Å². The molecule has 0 aromatic heterocycles. The van der Waals surface area contributed by atoms with Gasteiger partial charge in [-0.15, -0.1) is 0 Å². The molecule has 2 aliphatic carbocycles. The van der Waals surface area contributed by atoms with Crippen LogP contribution in [0.15, 0.2) is 36.4 Å². The van der Waals surface area contributed by atoms with E-state index in [9.17, 15) is 4.79 Å². The van der Waals surface area contributed by atoms with Gasteiger partial charge in [-0.05, 0) is 36.0 Å². The highest BCUT2D eigenvalue weighted by Crippen LogP contribution is 2.54. The predicted molar refractivity (Wildman–Crippen MR) is 64.9 cm³/mol. The summed E-state index contributed by atoms with van der Waals surface area (Å²) in [5.74, 6) is 0.802. The van der Waals surface area contributed by atoms with Gasteiger partial charge in [0, 0.05) is 5.41 Å². The Morgan fingerprint density at radius 2 is 2.00 bits per heavy atom. The van der Waals surface area contributed by atoms with Gasteiger partial charge in [0.05, 0.1) is 0 Å². The molecule has 16 heavy (non-hydrogen) atoms. The van der Waals surface area contributed by atoms with Crippen molar-refractivity contribution in [3.63, 3.8) is 0 Å². The molecule has 1 saturated carbocycles. The number of carbonyl (C=O) groups excluding carboxylic acids is 1. The third-order valence-electron chi connectivity index (χ3n) is 4.29. The van der Waals surface area contributed by atoms with Crippen molar-refractivity contribution in [3.8, 4) is 0 Å². The lowest BCUT2D eigenvalue weighted by Gasteiger charge is -2.24. The van der Waals surface area contributed by atoms with E-state index < -0.39 is 0 Å². The van der Waals surface area contributed by atoms with Crippen LogP contribution < -0.4 is 0 Å². The summed E-state index contributed by atoms with van der Waals surface area (Å²) in [4.78, 5) is 12.1. The highest BCUT2D eigenvalue weighted by molar-refractivity contribution is 6.07. The van der Waals surface area contributed by atoms with Crippen LogP contribution >= 0.6 is 0 Å². The van der Waals surface area contributed by atoms with Crippen LogP contribution in [0, 0.1) is 11.3 Å². The van der Waals surface area contributed by atoms with Crippen molar-refractivity contribution in [1.82, 2.24) is 0 Å². The molecule has 3 rings (SSSR count). The molecule has 82 valence electrons. The van der Waals surface area contributed by atoms with Crippen LogP contribution in [0.5, 0.6) is 0 Å². The third-order valence-corrected chi connectivity index (χ3v) is 4.29. The summed E-state index contributed by atoms with van der Waals surface area (Å²) in [5.41, 5.74) is 2.41. The molecule has 1 fully saturated rings. The van der Waals surface area contributed by atoms with Crippen LogP contribution in [0.2, 0.25) is 0 Å². The van der Waals surface area contributed by atoms with Crippen molar-refractivity contribution in [1.29, 1.82) is 0 Å². The summed E-state index contributed by atoms with van der Waals surface area (Å²) in [6.45, 7) is 2.14. The molecule has 1 nitrogen and oxygen atoms in total. The Kier molecular flexibility index (Phi) is 2.03. The van der Waals surface area contributed by atoms with Crippen molar-refractivity contribution in [2.75, 3.05) is 0 Å². The van der Waals surface area contributed by atoms with Crippen LogP contribution in [0.1, 0.15) is 31.7 Å². The molecule has 2 atom stereocenters. The van der Waals surface area contributed by atoms with Crippen LogP contribution in [0.25, 0.3) is 5.57 Å². The number of hydrogen-bond acceptors (Lipinski definition) is 1. The monoisotopic (exact) mass is 212 g/mol. The Labute approximate surface area is 96.2 Å². The van der Waals surface area contributed by atoms with Crippen molar-refractivity contribution in [2.24, 2.45) is 11.3 Å². The zero-order valence-corrected chi connectivity index (χ0v) is 9.57. The lowest BCUT2D eigenvalue weighted by Crippen LogP contribution is -2.25. The molecule has 1 aromatic rings. The van der Waals surface area contributed by atoms with Crippen molar-refractivity contribution < 1.29 is 4.79 Å². The van der Waals surface area contributed by atoms with Gasteiger partial charge in [-0.2, -0.15) is 0 Å². The van der Waals surface area contributed by atoms with E-state index in [0.29, 0.717) is 11.7 Å². The first-order valence-corrected chi connectivity index (χ1v) is 6.03. The van der Waals surface area contributed by atoms with Gasteiger partial charge in [-0.25, -0.2) is 0 Å². The van der Waals surface area contributed by atoms with E-state index in [1.54, 1.807) is 0 Å². The predicted octanol–water partition coefficient (Wildman–Crippen LogP) is 3.46. The van der Waals surface area contributed by atoms with Gasteiger partial charge < -0.3 is 0 Å². The molecule has 1 aromatic carbocycles. The SMILES string of the molecule is C[C@@]12CCC[C@@H]1C(c1ccccc1)=CC2=O. The summed E-state index contributed by atoms with van der Waals surface area (Å²) in [7, 11) is 0. The minimum atomic E-state index is -0.0921. The fourth-order valence-corrected chi connectivity index (χ4v) is 3.28. The molecular formula is C15H16O. The molecule has 0 unspecified atom stereocenters. The van der Waals surface area contributed by atoms with E-state index in [4.69, 9.17) is 0 Å². The second-order valence-electron chi connectivity index (χ2n) is 5.19. The van der Waals surface area contributed by atoms with Gasteiger partial charge in [0.1, 0.15) is 0 Å². The molecule has 0 radical (unpaired) electrons. The van der Waals surface area contributed by atoms with Crippen LogP contribution in [0.4, 0.5) is 0 Å². The van der Waals surface area contributed by atoms with E-state index in [-0.39, 0.29) is 5.41 Å². The summed E-state index contributed by atoms with van der Waals surface area (Å²) >= 11 is 0. The number of hydrogen-bond donors (Lipinski definition) is 0. The first-order valence-electron chi connectivity index (χ1n) is 6.03. The second kappa shape index (κ2) is 3.31. The van der Waals surface area contributed by atoms with Gasteiger partial charge in [-0.1, -0.05) is 43.7 Å². The Balaban J connectivity index is 2.05. The van der Waals surface area contributed by atoms with E-state index in [1.165, 1.54) is 24.0 Å². The molecule has 1 heteroatoms. The normalized spacial score (nSPS) is 32.7. The summed E-state index contributed by atoms with van der Waals surface area (Å²) in [5, 5.41) is 0. The number of rotatable bonds is 1. The maximum Gasteiger partial charge on any atom is 0.162 e. The van der Waals surface area contributed by atoms with E-state index in [0.717, 1.165) is 6.42 Å². The van der Waals surface area contributed by atoms with E-state index in [1.807, 2.05) is 24.3 Å². The minimum absolute atomic E-state index is 0.0921. The van der Waals surface area contributed by atoms with Gasteiger partial charge in [0.25, 0.3) is 0 Å². The van der Waals surface area contributed by atoms with Gasteiger partial charge in [-0.3, -0.25) is 4.79 Å². The lowest BCUT2D eigenvalue weighted by molar-refractivity contribution is -0.122. The summed E-state index contributed by atoms with van der Waals surface area (Å²) in [6.07, 6.45) is 5.31. The molecule has 0 aliphatic heterocycles. The summed E-state index contributed by atoms with van der Waals surface area (Å²) in [6, 6.07) is 10.3. The van der Waals surface area contributed by atoms with Gasteiger partial charge >= 0.3 is 0 Å². The van der Waals surface area contributed by atoms with Crippen molar-refractivity contribution >= 4 is 11.4 Å².